The molecule has 1 aromatic rings. The van der Waals surface area contributed by atoms with Crippen LogP contribution in [-0.4, -0.2) is 35.5 Å². The van der Waals surface area contributed by atoms with E-state index in [4.69, 9.17) is 5.73 Å². The third-order valence-corrected chi connectivity index (χ3v) is 4.35. The van der Waals surface area contributed by atoms with Gasteiger partial charge in [0, 0.05) is 24.7 Å². The highest BCUT2D eigenvalue weighted by Gasteiger charge is 2.43. The molecule has 0 aromatic heterocycles. The lowest BCUT2D eigenvalue weighted by Gasteiger charge is -2.47. The number of nitrogens with two attached hydrogens (primary N) is 1. The highest BCUT2D eigenvalue weighted by molar-refractivity contribution is 5.86. The van der Waals surface area contributed by atoms with E-state index in [9.17, 15) is 9.18 Å². The van der Waals surface area contributed by atoms with Crippen LogP contribution < -0.4 is 11.1 Å². The summed E-state index contributed by atoms with van der Waals surface area (Å²) in [6.07, 6.45) is 0.715. The summed E-state index contributed by atoms with van der Waals surface area (Å²) in [5.74, 6) is -0.313. The number of amides is 1. The van der Waals surface area contributed by atoms with Gasteiger partial charge in [-0.15, -0.1) is 0 Å². The molecule has 0 bridgehead atoms. The minimum atomic E-state index is -0.710. The van der Waals surface area contributed by atoms with E-state index in [0.717, 1.165) is 0 Å². The van der Waals surface area contributed by atoms with Crippen molar-refractivity contribution in [2.75, 3.05) is 13.1 Å². The van der Waals surface area contributed by atoms with Crippen LogP contribution in [0.25, 0.3) is 0 Å². The summed E-state index contributed by atoms with van der Waals surface area (Å²) in [6, 6.07) is 6.15. The predicted molar refractivity (Wildman–Crippen MR) is 81.2 cm³/mol. The van der Waals surface area contributed by atoms with Gasteiger partial charge < -0.3 is 11.1 Å². The molecule has 1 aliphatic rings. The molecule has 1 fully saturated rings. The highest BCUT2D eigenvalue weighted by atomic mass is 19.1. The number of rotatable bonds is 4. The Bertz CT molecular complexity index is 518. The fourth-order valence-electron chi connectivity index (χ4n) is 2.97. The smallest absolute Gasteiger partial charge is 0.240 e. The van der Waals surface area contributed by atoms with Crippen molar-refractivity contribution in [1.82, 2.24) is 10.2 Å². The molecule has 1 saturated heterocycles. The van der Waals surface area contributed by atoms with Gasteiger partial charge >= 0.3 is 0 Å². The Morgan fingerprint density at radius 2 is 2.10 bits per heavy atom. The van der Waals surface area contributed by atoms with Crippen molar-refractivity contribution in [1.29, 1.82) is 0 Å². The fourth-order valence-corrected chi connectivity index (χ4v) is 2.97. The molecule has 2 unspecified atom stereocenters. The van der Waals surface area contributed by atoms with Gasteiger partial charge in [-0.2, -0.15) is 0 Å². The van der Waals surface area contributed by atoms with Gasteiger partial charge in [0.1, 0.15) is 5.82 Å². The van der Waals surface area contributed by atoms with Crippen molar-refractivity contribution >= 4 is 5.91 Å². The molecule has 21 heavy (non-hydrogen) atoms. The minimum absolute atomic E-state index is 0.0432. The van der Waals surface area contributed by atoms with Crippen molar-refractivity contribution in [3.8, 4) is 0 Å². The van der Waals surface area contributed by atoms with E-state index in [2.05, 4.69) is 5.32 Å². The molecule has 2 rings (SSSR count). The molecule has 1 aromatic carbocycles. The molecule has 0 radical (unpaired) electrons. The number of hydrogen-bond donors (Lipinski definition) is 2. The first-order valence-electron chi connectivity index (χ1n) is 7.44. The van der Waals surface area contributed by atoms with Gasteiger partial charge in [-0.05, 0) is 26.3 Å². The third-order valence-electron chi connectivity index (χ3n) is 4.35. The van der Waals surface area contributed by atoms with Crippen LogP contribution in [0.4, 0.5) is 4.39 Å². The molecular formula is C16H24FN3O. The third kappa shape index (κ3) is 2.94. The molecule has 0 spiro atoms. The maximum absolute atomic E-state index is 14.3. The van der Waals surface area contributed by atoms with Crippen LogP contribution >= 0.6 is 0 Å². The van der Waals surface area contributed by atoms with E-state index in [-0.39, 0.29) is 23.8 Å². The molecule has 0 aliphatic carbocycles. The molecule has 5 heteroatoms. The summed E-state index contributed by atoms with van der Waals surface area (Å²) in [7, 11) is 0. The molecule has 2 atom stereocenters. The highest BCUT2D eigenvalue weighted by Crippen LogP contribution is 2.34. The lowest BCUT2D eigenvalue weighted by molar-refractivity contribution is -0.137. The van der Waals surface area contributed by atoms with E-state index in [1.807, 2.05) is 31.7 Å². The SMILES string of the molecule is CCC(N)C(c1ccccc1F)N1CCNC(=O)C1(C)C. The topological polar surface area (TPSA) is 58.4 Å². The number of nitrogens with zero attached hydrogens (tertiary/aromatic N) is 1. The zero-order chi connectivity index (χ0) is 15.6. The predicted octanol–water partition coefficient (Wildman–Crippen LogP) is 1.81. The minimum Gasteiger partial charge on any atom is -0.353 e. The molecule has 1 amide bonds. The maximum atomic E-state index is 14.3. The fraction of sp³-hybridized carbons (Fsp3) is 0.562. The van der Waals surface area contributed by atoms with Crippen LogP contribution in [0.2, 0.25) is 0 Å². The summed E-state index contributed by atoms with van der Waals surface area (Å²) in [4.78, 5) is 14.2. The van der Waals surface area contributed by atoms with E-state index in [0.29, 0.717) is 25.1 Å². The number of nitrogens with one attached hydrogen (secondary N) is 1. The molecule has 116 valence electrons. The number of benzene rings is 1. The quantitative estimate of drug-likeness (QED) is 0.890. The lowest BCUT2D eigenvalue weighted by atomic mass is 9.89. The Balaban J connectivity index is 2.46. The number of halogens is 1. The molecule has 3 N–H and O–H groups in total. The van der Waals surface area contributed by atoms with Crippen LogP contribution in [0.3, 0.4) is 0 Å². The van der Waals surface area contributed by atoms with E-state index in [1.54, 1.807) is 12.1 Å². The molecule has 1 heterocycles. The standard InChI is InChI=1S/C16H24FN3O/c1-4-13(18)14(11-7-5-6-8-12(11)17)20-10-9-19-15(21)16(20,2)3/h5-8,13-14H,4,9-10,18H2,1-3H3,(H,19,21). The van der Waals surface area contributed by atoms with E-state index in [1.165, 1.54) is 6.07 Å². The van der Waals surface area contributed by atoms with Crippen molar-refractivity contribution < 1.29 is 9.18 Å². The molecule has 0 saturated carbocycles. The number of carbonyl (C=O) groups excluding carboxylic acids is 1. The van der Waals surface area contributed by atoms with Crippen molar-refractivity contribution in [2.24, 2.45) is 5.73 Å². The first kappa shape index (κ1) is 15.9. The second-order valence-electron chi connectivity index (χ2n) is 6.05. The Kier molecular flexibility index (Phi) is 4.64. The largest absolute Gasteiger partial charge is 0.353 e. The van der Waals surface area contributed by atoms with Gasteiger partial charge in [-0.3, -0.25) is 9.69 Å². The normalized spacial score (nSPS) is 21.7. The number of piperazine rings is 1. The maximum Gasteiger partial charge on any atom is 0.240 e. The van der Waals surface area contributed by atoms with Gasteiger partial charge in [0.2, 0.25) is 5.91 Å². The van der Waals surface area contributed by atoms with Crippen LogP contribution in [-0.2, 0) is 4.79 Å². The van der Waals surface area contributed by atoms with E-state index >= 15 is 0 Å². The van der Waals surface area contributed by atoms with Gasteiger partial charge in [-0.1, -0.05) is 25.1 Å². The first-order chi connectivity index (χ1) is 9.89. The summed E-state index contributed by atoms with van der Waals surface area (Å²) >= 11 is 0. The van der Waals surface area contributed by atoms with Gasteiger partial charge in [0.25, 0.3) is 0 Å². The van der Waals surface area contributed by atoms with Gasteiger partial charge in [0.05, 0.1) is 11.6 Å². The average Bonchev–Trinajstić information content (AvgIpc) is 2.45. The van der Waals surface area contributed by atoms with Crippen LogP contribution in [0, 0.1) is 5.82 Å². The zero-order valence-corrected chi connectivity index (χ0v) is 12.9. The second-order valence-corrected chi connectivity index (χ2v) is 6.05. The number of hydrogen-bond acceptors (Lipinski definition) is 3. The van der Waals surface area contributed by atoms with Gasteiger partial charge in [0.15, 0.2) is 0 Å². The Labute approximate surface area is 125 Å². The first-order valence-corrected chi connectivity index (χ1v) is 7.44. The summed E-state index contributed by atoms with van der Waals surface area (Å²) in [5, 5.41) is 2.86. The Morgan fingerprint density at radius 3 is 2.71 bits per heavy atom. The van der Waals surface area contributed by atoms with Crippen molar-refractivity contribution in [3.63, 3.8) is 0 Å². The van der Waals surface area contributed by atoms with Crippen LogP contribution in [0.1, 0.15) is 38.8 Å². The van der Waals surface area contributed by atoms with E-state index < -0.39 is 5.54 Å². The molecule has 4 nitrogen and oxygen atoms in total. The molecular weight excluding hydrogens is 269 g/mol. The lowest BCUT2D eigenvalue weighted by Crippen LogP contribution is -2.64. The van der Waals surface area contributed by atoms with Crippen molar-refractivity contribution in [2.45, 2.75) is 44.8 Å². The van der Waals surface area contributed by atoms with Crippen molar-refractivity contribution in [3.05, 3.63) is 35.6 Å². The van der Waals surface area contributed by atoms with Crippen LogP contribution in [0.5, 0.6) is 0 Å². The van der Waals surface area contributed by atoms with Crippen LogP contribution in [0.15, 0.2) is 24.3 Å². The summed E-state index contributed by atoms with van der Waals surface area (Å²) in [5.41, 5.74) is 6.13. The summed E-state index contributed by atoms with van der Waals surface area (Å²) in [6.45, 7) is 6.92. The van der Waals surface area contributed by atoms with Gasteiger partial charge in [-0.25, -0.2) is 4.39 Å². The monoisotopic (exact) mass is 293 g/mol. The Morgan fingerprint density at radius 1 is 1.43 bits per heavy atom. The zero-order valence-electron chi connectivity index (χ0n) is 12.9. The second kappa shape index (κ2) is 6.12. The summed E-state index contributed by atoms with van der Waals surface area (Å²) < 4.78 is 14.3. The average molecular weight is 293 g/mol. The Hall–Kier alpha value is -1.46. The number of carbonyl (C=O) groups is 1. The molecule has 1 aliphatic heterocycles.